The Morgan fingerprint density at radius 2 is 1.02 bits per heavy atom. The number of nitro groups is 2. The van der Waals surface area contributed by atoms with Crippen molar-refractivity contribution in [2.45, 2.75) is 78.1 Å². The zero-order valence-corrected chi connectivity index (χ0v) is 28.5. The average molecular weight is 691 g/mol. The fourth-order valence-electron chi connectivity index (χ4n) is 6.95. The number of hydrogen-bond donors (Lipinski definition) is 4. The molecule has 50 heavy (non-hydrogen) atoms. The second-order valence-electron chi connectivity index (χ2n) is 14.4. The van der Waals surface area contributed by atoms with Crippen LogP contribution < -0.4 is 10.6 Å². The summed E-state index contributed by atoms with van der Waals surface area (Å²) in [5.41, 5.74) is -1.53. The molecule has 4 rings (SSSR count). The molecule has 14 heteroatoms. The number of benzene rings is 2. The van der Waals surface area contributed by atoms with Gasteiger partial charge in [-0.3, -0.25) is 39.4 Å². The van der Waals surface area contributed by atoms with E-state index < -0.39 is 68.7 Å². The minimum Gasteiger partial charge on any atom is -0.512 e. The molecule has 0 heterocycles. The number of nitrogens with zero attached hydrogens (tertiary/aromatic N) is 2. The van der Waals surface area contributed by atoms with Crippen LogP contribution in [0.25, 0.3) is 0 Å². The summed E-state index contributed by atoms with van der Waals surface area (Å²) >= 11 is 0. The van der Waals surface area contributed by atoms with Crippen LogP contribution in [0.5, 0.6) is 0 Å². The maximum Gasteiger partial charge on any atom is 0.273 e. The number of aliphatic hydroxyl groups excluding tert-OH is 2. The van der Waals surface area contributed by atoms with Gasteiger partial charge in [-0.25, -0.2) is 0 Å². The lowest BCUT2D eigenvalue weighted by Crippen LogP contribution is -2.37. The van der Waals surface area contributed by atoms with E-state index in [1.807, 2.05) is 27.7 Å². The van der Waals surface area contributed by atoms with Crippen LogP contribution in [0.15, 0.2) is 71.2 Å². The number of Topliss-reactive ketones (excluding diaryl/α,β-unsaturated/α-hetero) is 2. The molecule has 0 saturated heterocycles. The van der Waals surface area contributed by atoms with Crippen LogP contribution in [0.2, 0.25) is 0 Å². The van der Waals surface area contributed by atoms with Gasteiger partial charge in [0.2, 0.25) is 11.8 Å². The number of nitro benzene ring substituents is 2. The number of carbonyl (C=O) groups is 4. The maximum absolute atomic E-state index is 13.2. The van der Waals surface area contributed by atoms with E-state index in [-0.39, 0.29) is 83.9 Å². The Balaban J connectivity index is 1.48. The molecule has 0 aliphatic heterocycles. The monoisotopic (exact) mass is 690 g/mol. The lowest BCUT2D eigenvalue weighted by molar-refractivity contribution is -0.385. The SMILES string of the molecule is CC1(C)CC(=O)C(C(CC(=O)NCCNC(=O)CC(C2=C(O)CC(C)(C)CC2=O)c2ccccc2[N+](=O)[O-])c2ccccc2[N+](=O)[O-])=C(O)C1. The first-order chi connectivity index (χ1) is 23.4. The van der Waals surface area contributed by atoms with Gasteiger partial charge in [0.25, 0.3) is 11.4 Å². The first-order valence-electron chi connectivity index (χ1n) is 16.3. The highest BCUT2D eigenvalue weighted by Crippen LogP contribution is 2.45. The summed E-state index contributed by atoms with van der Waals surface area (Å²) < 4.78 is 0. The van der Waals surface area contributed by atoms with Crippen molar-refractivity contribution in [1.82, 2.24) is 10.6 Å². The molecule has 0 fully saturated rings. The molecule has 0 radical (unpaired) electrons. The Labute approximate surface area is 288 Å². The van der Waals surface area contributed by atoms with E-state index in [4.69, 9.17) is 0 Å². The number of carbonyl (C=O) groups excluding carboxylic acids is 4. The summed E-state index contributed by atoms with van der Waals surface area (Å²) in [6, 6.07) is 11.4. The summed E-state index contributed by atoms with van der Waals surface area (Å²) in [5, 5.41) is 50.8. The van der Waals surface area contributed by atoms with Crippen molar-refractivity contribution in [3.8, 4) is 0 Å². The number of aliphatic hydroxyl groups is 2. The average Bonchev–Trinajstić information content (AvgIpc) is 3.00. The number of ketones is 2. The molecule has 0 spiro atoms. The molecular weight excluding hydrogens is 648 g/mol. The number of allylic oxidation sites excluding steroid dienone is 4. The zero-order chi connectivity index (χ0) is 37.0. The minimum absolute atomic E-state index is 0.0404. The predicted molar refractivity (Wildman–Crippen MR) is 182 cm³/mol. The molecule has 2 unspecified atom stereocenters. The largest absolute Gasteiger partial charge is 0.512 e. The first-order valence-corrected chi connectivity index (χ1v) is 16.3. The van der Waals surface area contributed by atoms with Crippen molar-refractivity contribution in [1.29, 1.82) is 0 Å². The van der Waals surface area contributed by atoms with E-state index in [0.717, 1.165) is 0 Å². The van der Waals surface area contributed by atoms with Crippen molar-refractivity contribution >= 4 is 34.8 Å². The molecule has 2 amide bonds. The number of nitrogens with one attached hydrogen (secondary N) is 2. The standard InChI is InChI=1S/C36H42N4O10/c1-35(2)17-27(41)33(28(42)18-35)23(21-9-5-7-11-25(21)39(47)48)15-31(45)37-13-14-38-32(46)16-24(22-10-6-8-12-26(22)40(49)50)34-29(43)19-36(3,4)20-30(34)44/h5-12,23-24,41,43H,13-20H2,1-4H3,(H,37,45)(H,38,46). The van der Waals surface area contributed by atoms with Gasteiger partial charge in [-0.05, 0) is 10.8 Å². The molecule has 2 aromatic rings. The molecular formula is C36H42N4O10. The van der Waals surface area contributed by atoms with Crippen LogP contribution in [0.4, 0.5) is 11.4 Å². The Morgan fingerprint density at radius 3 is 1.34 bits per heavy atom. The van der Waals surface area contributed by atoms with Gasteiger partial charge in [0.05, 0.1) is 9.85 Å². The second kappa shape index (κ2) is 15.0. The van der Waals surface area contributed by atoms with Crippen molar-refractivity contribution in [3.63, 3.8) is 0 Å². The van der Waals surface area contributed by atoms with Crippen LogP contribution in [0.1, 0.15) is 89.2 Å². The molecule has 2 atom stereocenters. The van der Waals surface area contributed by atoms with Crippen molar-refractivity contribution in [3.05, 3.63) is 103 Å². The fourth-order valence-corrected chi connectivity index (χ4v) is 6.95. The summed E-state index contributed by atoms with van der Waals surface area (Å²) in [7, 11) is 0. The van der Waals surface area contributed by atoms with Crippen molar-refractivity contribution < 1.29 is 39.2 Å². The highest BCUT2D eigenvalue weighted by atomic mass is 16.6. The van der Waals surface area contributed by atoms with Crippen LogP contribution >= 0.6 is 0 Å². The van der Waals surface area contributed by atoms with Gasteiger partial charge < -0.3 is 20.8 Å². The third kappa shape index (κ3) is 8.79. The lowest BCUT2D eigenvalue weighted by Gasteiger charge is -2.32. The highest BCUT2D eigenvalue weighted by molar-refractivity contribution is 6.00. The third-order valence-corrected chi connectivity index (χ3v) is 9.06. The molecule has 2 aromatic carbocycles. The molecule has 14 nitrogen and oxygen atoms in total. The van der Waals surface area contributed by atoms with E-state index in [1.165, 1.54) is 36.4 Å². The fraction of sp³-hybridized carbons (Fsp3) is 0.444. The normalized spacial score (nSPS) is 18.3. The maximum atomic E-state index is 13.2. The van der Waals surface area contributed by atoms with Gasteiger partial charge in [0.15, 0.2) is 11.6 Å². The Morgan fingerprint density at radius 1 is 0.680 bits per heavy atom. The van der Waals surface area contributed by atoms with Gasteiger partial charge in [0, 0.05) is 97.9 Å². The topological polar surface area (TPSA) is 219 Å². The van der Waals surface area contributed by atoms with E-state index >= 15 is 0 Å². The smallest absolute Gasteiger partial charge is 0.273 e. The third-order valence-electron chi connectivity index (χ3n) is 9.06. The van der Waals surface area contributed by atoms with Gasteiger partial charge >= 0.3 is 0 Å². The molecule has 0 bridgehead atoms. The van der Waals surface area contributed by atoms with Crippen LogP contribution in [0, 0.1) is 31.1 Å². The summed E-state index contributed by atoms with van der Waals surface area (Å²) in [6.07, 6.45) is -0.301. The van der Waals surface area contributed by atoms with Crippen LogP contribution in [0.3, 0.4) is 0 Å². The molecule has 0 saturated carbocycles. The van der Waals surface area contributed by atoms with Crippen LogP contribution in [-0.2, 0) is 19.2 Å². The summed E-state index contributed by atoms with van der Waals surface area (Å²) in [5.74, 6) is -4.64. The van der Waals surface area contributed by atoms with Gasteiger partial charge in [-0.2, -0.15) is 0 Å². The lowest BCUT2D eigenvalue weighted by atomic mass is 9.71. The minimum atomic E-state index is -1.10. The van der Waals surface area contributed by atoms with E-state index in [9.17, 15) is 49.6 Å². The number of rotatable bonds is 13. The quantitative estimate of drug-likeness (QED) is 0.113. The van der Waals surface area contributed by atoms with Gasteiger partial charge in [-0.1, -0.05) is 64.1 Å². The molecule has 0 aromatic heterocycles. The van der Waals surface area contributed by atoms with Crippen LogP contribution in [-0.4, -0.2) is 56.5 Å². The molecule has 4 N–H and O–H groups in total. The van der Waals surface area contributed by atoms with E-state index in [2.05, 4.69) is 10.6 Å². The number of hydrogen-bond acceptors (Lipinski definition) is 10. The zero-order valence-electron chi connectivity index (χ0n) is 28.5. The van der Waals surface area contributed by atoms with Crippen molar-refractivity contribution in [2.24, 2.45) is 10.8 Å². The first kappa shape index (κ1) is 37.4. The second-order valence-corrected chi connectivity index (χ2v) is 14.4. The van der Waals surface area contributed by atoms with E-state index in [0.29, 0.717) is 0 Å². The Kier molecular flexibility index (Phi) is 11.2. The predicted octanol–water partition coefficient (Wildman–Crippen LogP) is 5.79. The number of para-hydroxylation sites is 2. The van der Waals surface area contributed by atoms with Gasteiger partial charge in [-0.15, -0.1) is 0 Å². The number of amides is 2. The molecule has 2 aliphatic carbocycles. The Bertz CT molecular complexity index is 1660. The molecule has 266 valence electrons. The summed E-state index contributed by atoms with van der Waals surface area (Å²) in [6.45, 7) is 7.09. The van der Waals surface area contributed by atoms with Gasteiger partial charge in [0.1, 0.15) is 11.5 Å². The Hall–Kier alpha value is -5.40. The van der Waals surface area contributed by atoms with E-state index in [1.54, 1.807) is 12.1 Å². The highest BCUT2D eigenvalue weighted by Gasteiger charge is 2.41. The molecule has 2 aliphatic rings. The van der Waals surface area contributed by atoms with Crippen molar-refractivity contribution in [2.75, 3.05) is 13.1 Å². The summed E-state index contributed by atoms with van der Waals surface area (Å²) in [4.78, 5) is 75.3.